The number of hydrogen-bond donors (Lipinski definition) is 0. The van der Waals surface area contributed by atoms with Crippen LogP contribution in [0.25, 0.3) is 183 Å². The minimum Gasteiger partial charge on any atom is -0.454 e. The molecule has 0 fully saturated rings. The van der Waals surface area contributed by atoms with Crippen LogP contribution >= 0.6 is 22.7 Å². The Hall–Kier alpha value is -17.7. The van der Waals surface area contributed by atoms with E-state index in [1.165, 1.54) is 128 Å². The molecule has 0 atom stereocenters. The molecule has 0 saturated carbocycles. The van der Waals surface area contributed by atoms with Gasteiger partial charge in [0.1, 0.15) is 11.2 Å². The van der Waals surface area contributed by atoms with E-state index < -0.39 is 0 Å². The quantitative estimate of drug-likeness (QED) is 0.0846. The maximum Gasteiger partial charge on any atom is 0.159 e. The highest BCUT2D eigenvalue weighted by molar-refractivity contribution is 7.27. The maximum atomic E-state index is 6.76. The Bertz CT molecular complexity index is 9350. The summed E-state index contributed by atoms with van der Waals surface area (Å²) in [5.74, 6) is 0. The van der Waals surface area contributed by atoms with E-state index in [0.29, 0.717) is 0 Å². The summed E-state index contributed by atoms with van der Waals surface area (Å²) < 4.78 is 18.4. The molecule has 27 aromatic rings. The van der Waals surface area contributed by atoms with Crippen molar-refractivity contribution >= 4 is 218 Å². The van der Waals surface area contributed by atoms with E-state index >= 15 is 0 Å². The zero-order valence-electron chi connectivity index (χ0n) is 74.9. The summed E-state index contributed by atoms with van der Waals surface area (Å²) in [5.41, 5.74) is 28.3. The molecule has 4 aromatic heterocycles. The van der Waals surface area contributed by atoms with E-state index in [2.05, 4.69) is 517 Å². The van der Waals surface area contributed by atoms with Crippen LogP contribution < -0.4 is 19.6 Å². The number of anilines is 12. The van der Waals surface area contributed by atoms with Gasteiger partial charge in [-0.3, -0.25) is 0 Å². The van der Waals surface area contributed by atoms with E-state index in [0.717, 1.165) is 123 Å². The predicted octanol–water partition coefficient (Wildman–Crippen LogP) is 38.7. The van der Waals surface area contributed by atoms with Gasteiger partial charge in [-0.05, 0) is 211 Å². The molecule has 0 radical (unpaired) electrons. The first kappa shape index (κ1) is 81.1. The third kappa shape index (κ3) is 14.1. The number of fused-ring (bicyclic) bond motifs is 22. The van der Waals surface area contributed by atoms with E-state index in [9.17, 15) is 0 Å². The molecule has 23 aromatic carbocycles. The first-order valence-electron chi connectivity index (χ1n) is 46.9. The molecule has 0 N–H and O–H groups in total. The van der Waals surface area contributed by atoms with Crippen molar-refractivity contribution in [2.24, 2.45) is 0 Å². The molecule has 648 valence electrons. The van der Waals surface area contributed by atoms with Crippen molar-refractivity contribution in [1.29, 1.82) is 0 Å². The number of thiophene rings is 2. The lowest BCUT2D eigenvalue weighted by molar-refractivity contribution is 0.668. The van der Waals surface area contributed by atoms with Crippen LogP contribution in [-0.2, 0) is 0 Å². The van der Waals surface area contributed by atoms with Gasteiger partial charge in [0.05, 0.1) is 28.4 Å². The summed E-state index contributed by atoms with van der Waals surface area (Å²) in [6.07, 6.45) is 0. The third-order valence-corrected chi connectivity index (χ3v) is 29.6. The van der Waals surface area contributed by atoms with Crippen LogP contribution in [0.4, 0.5) is 68.2 Å². The monoisotopic (exact) mass is 1800 g/mol. The molecule has 8 heteroatoms. The SMILES string of the molecule is c1ccc(-c2ccccc2N(c2ccccc2)c2ccc(-c3ccc4c(c3)c3ccccc3c3c5ccc(N(c6ccccc6)c6cccc7c6oc6ccccc67)cc5sc43)cc2)cc1.c1ccc(-c2ccccc2N(c2ccccc2)c2ccc(-c3ccc4c(c3)c3ccccc3c3c5ccc(N(c6ccccc6-c6ccccc6)c6cccc7c6oc6ccccc67)cc5sc43)cc2)cc1. The number of hydrogen-bond acceptors (Lipinski definition) is 8. The highest BCUT2D eigenvalue weighted by Crippen LogP contribution is 2.54. The van der Waals surface area contributed by atoms with Gasteiger partial charge in [-0.1, -0.05) is 370 Å². The van der Waals surface area contributed by atoms with Gasteiger partial charge in [0, 0.05) is 129 Å². The Kier molecular flexibility index (Phi) is 20.2. The van der Waals surface area contributed by atoms with Crippen LogP contribution in [0.15, 0.2) is 518 Å². The van der Waals surface area contributed by atoms with Crippen molar-refractivity contribution in [3.05, 3.63) is 510 Å². The molecule has 0 saturated heterocycles. The lowest BCUT2D eigenvalue weighted by Gasteiger charge is -2.28. The van der Waals surface area contributed by atoms with Gasteiger partial charge in [-0.25, -0.2) is 0 Å². The Labute approximate surface area is 805 Å². The normalized spacial score (nSPS) is 11.6. The Morgan fingerprint density at radius 2 is 0.428 bits per heavy atom. The van der Waals surface area contributed by atoms with Gasteiger partial charge in [0.15, 0.2) is 11.2 Å². The fourth-order valence-electron chi connectivity index (χ4n) is 21.0. The van der Waals surface area contributed by atoms with E-state index in [4.69, 9.17) is 8.83 Å². The van der Waals surface area contributed by atoms with Crippen molar-refractivity contribution in [1.82, 2.24) is 0 Å². The first-order valence-corrected chi connectivity index (χ1v) is 48.5. The molecule has 138 heavy (non-hydrogen) atoms. The minimum absolute atomic E-state index is 0.863. The van der Waals surface area contributed by atoms with Gasteiger partial charge >= 0.3 is 0 Å². The molecular formula is C130H84N4O2S2. The first-order chi connectivity index (χ1) is 68.5. The van der Waals surface area contributed by atoms with Gasteiger partial charge in [0.2, 0.25) is 0 Å². The molecule has 0 aliphatic carbocycles. The maximum absolute atomic E-state index is 6.76. The van der Waals surface area contributed by atoms with Crippen molar-refractivity contribution in [2.45, 2.75) is 0 Å². The Morgan fingerprint density at radius 3 is 0.826 bits per heavy atom. The van der Waals surface area contributed by atoms with E-state index in [1.807, 2.05) is 34.8 Å². The molecular weight excluding hydrogens is 1710 g/mol. The smallest absolute Gasteiger partial charge is 0.159 e. The second-order valence-corrected chi connectivity index (χ2v) is 37.3. The fourth-order valence-corrected chi connectivity index (χ4v) is 23.5. The van der Waals surface area contributed by atoms with Crippen molar-refractivity contribution in [3.63, 3.8) is 0 Å². The van der Waals surface area contributed by atoms with Gasteiger partial charge in [0.25, 0.3) is 0 Å². The van der Waals surface area contributed by atoms with Crippen molar-refractivity contribution in [3.8, 4) is 55.6 Å². The summed E-state index contributed by atoms with van der Waals surface area (Å²) in [5, 5.41) is 19.7. The molecule has 0 aliphatic rings. The van der Waals surface area contributed by atoms with Crippen LogP contribution in [0.5, 0.6) is 0 Å². The van der Waals surface area contributed by atoms with Crippen molar-refractivity contribution in [2.75, 3.05) is 19.6 Å². The second-order valence-electron chi connectivity index (χ2n) is 35.2. The highest BCUT2D eigenvalue weighted by atomic mass is 32.1. The molecule has 6 nitrogen and oxygen atoms in total. The summed E-state index contributed by atoms with van der Waals surface area (Å²) >= 11 is 3.76. The van der Waals surface area contributed by atoms with Crippen LogP contribution in [0.3, 0.4) is 0 Å². The predicted molar refractivity (Wildman–Crippen MR) is 589 cm³/mol. The van der Waals surface area contributed by atoms with Gasteiger partial charge in [-0.15, -0.1) is 22.7 Å². The van der Waals surface area contributed by atoms with Gasteiger partial charge < -0.3 is 28.4 Å². The lowest BCUT2D eigenvalue weighted by atomic mass is 9.94. The molecule has 0 spiro atoms. The van der Waals surface area contributed by atoms with Crippen LogP contribution in [-0.4, -0.2) is 0 Å². The van der Waals surface area contributed by atoms with E-state index in [-0.39, 0.29) is 0 Å². The molecule has 27 rings (SSSR count). The Balaban J connectivity index is 0.000000143. The second kappa shape index (κ2) is 34.4. The zero-order chi connectivity index (χ0) is 91.1. The molecule has 4 heterocycles. The zero-order valence-corrected chi connectivity index (χ0v) is 76.6. The average Bonchev–Trinajstić information content (AvgIpc) is 1.58. The minimum atomic E-state index is 0.863. The van der Waals surface area contributed by atoms with Crippen LogP contribution in [0.1, 0.15) is 0 Å². The average molecular weight is 1800 g/mol. The third-order valence-electron chi connectivity index (χ3n) is 27.3. The largest absolute Gasteiger partial charge is 0.454 e. The Morgan fingerprint density at radius 1 is 0.152 bits per heavy atom. The number of furan rings is 2. The highest BCUT2D eigenvalue weighted by Gasteiger charge is 2.28. The van der Waals surface area contributed by atoms with Crippen LogP contribution in [0.2, 0.25) is 0 Å². The lowest BCUT2D eigenvalue weighted by Crippen LogP contribution is -2.11. The molecule has 0 unspecified atom stereocenters. The number of benzene rings is 23. The number of nitrogens with zero attached hydrogens (tertiary/aromatic N) is 4. The van der Waals surface area contributed by atoms with Crippen LogP contribution in [0, 0.1) is 0 Å². The summed E-state index contributed by atoms with van der Waals surface area (Å²) in [4.78, 5) is 9.46. The standard InChI is InChI=1S/C68H44N2OS.C62H40N2OS/c1-4-19-46(20-5-1)52-25-12-15-31-61(52)69(49-23-8-3-9-24-49)50-38-35-45(36-39-50)48-37-41-58-60(43-48)54-27-10-11-29-56(54)66-59-42-40-51(44-65(59)72-68(58)66)70(62-32-16-13-26-53(62)47-21-6-2-7-22-47)63-33-18-30-57-55-28-14-17-34-64(55)71-67(57)63;1-4-17-42(18-5-1)48-23-12-14-28-56(48)63(44-19-6-2-7-20-44)46-34-31-41(32-35-46)43-33-37-53-55(39-43)49-24-10-11-26-51(49)60-54-38-36-47(40-59(54)66-62(53)60)64(45-21-8-3-9-22-45)57-29-16-27-52-50-25-13-15-30-58(50)65-61(52)57/h1-44H;1-40H. The van der Waals surface area contributed by atoms with E-state index in [1.54, 1.807) is 0 Å². The number of rotatable bonds is 17. The topological polar surface area (TPSA) is 39.2 Å². The summed E-state index contributed by atoms with van der Waals surface area (Å²) in [6, 6.07) is 184. The van der Waals surface area contributed by atoms with Crippen molar-refractivity contribution < 1.29 is 8.83 Å². The fraction of sp³-hybridized carbons (Fsp3) is 0. The van der Waals surface area contributed by atoms with Gasteiger partial charge in [-0.2, -0.15) is 0 Å². The number of para-hydroxylation sites is 10. The molecule has 0 amide bonds. The summed E-state index contributed by atoms with van der Waals surface area (Å²) in [6.45, 7) is 0. The molecule has 0 bridgehead atoms. The molecule has 0 aliphatic heterocycles. The summed E-state index contributed by atoms with van der Waals surface area (Å²) in [7, 11) is 0.